The second-order valence-electron chi connectivity index (χ2n) is 14.3. The van der Waals surface area contributed by atoms with Crippen LogP contribution in [0.1, 0.15) is 119 Å². The minimum Gasteiger partial charge on any atom is -0.100 e. The maximum Gasteiger partial charge on any atom is -0.0229 e. The Kier molecular flexibility index (Phi) is 4.94. The highest BCUT2D eigenvalue weighted by molar-refractivity contribution is 5.15. The fourth-order valence-corrected chi connectivity index (χ4v) is 11.4. The molecule has 170 valence electrons. The van der Waals surface area contributed by atoms with Crippen molar-refractivity contribution in [2.75, 3.05) is 0 Å². The zero-order chi connectivity index (χ0) is 21.5. The average Bonchev–Trinajstić information content (AvgIpc) is 3.08. The standard InChI is InChI=1S/C30H50/c1-20(2)19-30-15-8-9-24(30)22-10-11-26-28(6,23(22)13-18-30)17-14-25-27(4,5)21(3)12-16-29(25,26)7/h21-26H,1,8-19H2,2-7H3. The largest absolute Gasteiger partial charge is 0.100 e. The van der Waals surface area contributed by atoms with E-state index in [-0.39, 0.29) is 0 Å². The minimum atomic E-state index is 0.528. The number of allylic oxidation sites excluding steroid dienone is 1. The average molecular weight is 411 g/mol. The van der Waals surface area contributed by atoms with Crippen molar-refractivity contribution in [1.82, 2.24) is 0 Å². The molecule has 0 aromatic rings. The van der Waals surface area contributed by atoms with Gasteiger partial charge >= 0.3 is 0 Å². The normalized spacial score (nSPS) is 54.5. The van der Waals surface area contributed by atoms with E-state index in [4.69, 9.17) is 0 Å². The molecule has 30 heavy (non-hydrogen) atoms. The second kappa shape index (κ2) is 6.87. The molecule has 5 rings (SSSR count). The van der Waals surface area contributed by atoms with E-state index >= 15 is 0 Å². The van der Waals surface area contributed by atoms with Gasteiger partial charge in [-0.1, -0.05) is 46.6 Å². The molecule has 0 heteroatoms. The minimum absolute atomic E-state index is 0.528. The topological polar surface area (TPSA) is 0 Å². The van der Waals surface area contributed by atoms with Gasteiger partial charge in [0.15, 0.2) is 0 Å². The number of rotatable bonds is 2. The summed E-state index contributed by atoms with van der Waals surface area (Å²) in [6.45, 7) is 20.0. The van der Waals surface area contributed by atoms with Gasteiger partial charge in [0.2, 0.25) is 0 Å². The van der Waals surface area contributed by atoms with Gasteiger partial charge in [0.1, 0.15) is 0 Å². The van der Waals surface area contributed by atoms with E-state index in [0.29, 0.717) is 21.7 Å². The first-order chi connectivity index (χ1) is 14.0. The number of hydrogen-bond acceptors (Lipinski definition) is 0. The van der Waals surface area contributed by atoms with Gasteiger partial charge in [-0.05, 0) is 135 Å². The molecule has 0 saturated heterocycles. The summed E-state index contributed by atoms with van der Waals surface area (Å²) in [6.07, 6.45) is 18.0. The quantitative estimate of drug-likeness (QED) is 0.398. The predicted molar refractivity (Wildman–Crippen MR) is 129 cm³/mol. The molecule has 0 heterocycles. The Morgan fingerprint density at radius 2 is 1.50 bits per heavy atom. The molecular weight excluding hydrogens is 360 g/mol. The van der Waals surface area contributed by atoms with E-state index in [0.717, 1.165) is 35.5 Å². The van der Waals surface area contributed by atoms with Crippen LogP contribution in [0.25, 0.3) is 0 Å². The van der Waals surface area contributed by atoms with Crippen LogP contribution in [0, 0.1) is 57.2 Å². The molecule has 5 saturated carbocycles. The highest BCUT2D eigenvalue weighted by atomic mass is 14.7. The third kappa shape index (κ3) is 2.76. The Morgan fingerprint density at radius 3 is 2.23 bits per heavy atom. The molecule has 0 spiro atoms. The molecule has 5 fully saturated rings. The van der Waals surface area contributed by atoms with Gasteiger partial charge in [0.05, 0.1) is 0 Å². The summed E-state index contributed by atoms with van der Waals surface area (Å²) >= 11 is 0. The number of fused-ring (bicyclic) bond motifs is 7. The van der Waals surface area contributed by atoms with E-state index in [2.05, 4.69) is 48.1 Å². The molecule has 0 aromatic carbocycles. The van der Waals surface area contributed by atoms with E-state index in [9.17, 15) is 0 Å². The fourth-order valence-electron chi connectivity index (χ4n) is 11.4. The monoisotopic (exact) mass is 410 g/mol. The SMILES string of the molecule is C=C(C)CC12CCCC1C1CCC3C(C)(CCC4C(C)(C)C(C)CCC43C)C1CC2. The lowest BCUT2D eigenvalue weighted by molar-refractivity contribution is -0.204. The Hall–Kier alpha value is -0.260. The molecule has 9 unspecified atom stereocenters. The van der Waals surface area contributed by atoms with Crippen LogP contribution in [0.5, 0.6) is 0 Å². The van der Waals surface area contributed by atoms with E-state index in [1.807, 2.05) is 0 Å². The lowest BCUT2D eigenvalue weighted by Gasteiger charge is -2.69. The summed E-state index contributed by atoms with van der Waals surface area (Å²) < 4.78 is 0. The van der Waals surface area contributed by atoms with Crippen LogP contribution in [0.15, 0.2) is 12.2 Å². The first-order valence-electron chi connectivity index (χ1n) is 13.7. The first-order valence-corrected chi connectivity index (χ1v) is 13.7. The molecule has 0 radical (unpaired) electrons. The lowest BCUT2D eigenvalue weighted by Crippen LogP contribution is -2.62. The van der Waals surface area contributed by atoms with Crippen molar-refractivity contribution in [3.05, 3.63) is 12.2 Å². The summed E-state index contributed by atoms with van der Waals surface area (Å²) in [5, 5.41) is 0. The Bertz CT molecular complexity index is 701. The molecule has 0 N–H and O–H groups in total. The van der Waals surface area contributed by atoms with Crippen molar-refractivity contribution < 1.29 is 0 Å². The molecule has 0 aliphatic heterocycles. The first kappa shape index (κ1) is 21.6. The van der Waals surface area contributed by atoms with Crippen molar-refractivity contribution in [1.29, 1.82) is 0 Å². The maximum absolute atomic E-state index is 4.36. The number of hydrogen-bond donors (Lipinski definition) is 0. The molecular formula is C30H50. The molecule has 9 atom stereocenters. The summed E-state index contributed by atoms with van der Waals surface area (Å²) in [7, 11) is 0. The van der Waals surface area contributed by atoms with Crippen LogP contribution in [0.4, 0.5) is 0 Å². The lowest BCUT2D eigenvalue weighted by atomic mass is 9.35. The van der Waals surface area contributed by atoms with Crippen molar-refractivity contribution in [2.24, 2.45) is 57.2 Å². The highest BCUT2D eigenvalue weighted by Crippen LogP contribution is 2.73. The van der Waals surface area contributed by atoms with Gasteiger partial charge in [-0.15, -0.1) is 6.58 Å². The summed E-state index contributed by atoms with van der Waals surface area (Å²) in [5.74, 6) is 5.87. The van der Waals surface area contributed by atoms with Crippen LogP contribution < -0.4 is 0 Å². The summed E-state index contributed by atoms with van der Waals surface area (Å²) in [4.78, 5) is 0. The van der Waals surface area contributed by atoms with Crippen molar-refractivity contribution in [3.8, 4) is 0 Å². The van der Waals surface area contributed by atoms with E-state index in [1.165, 1.54) is 76.2 Å². The van der Waals surface area contributed by atoms with Crippen LogP contribution in [0.2, 0.25) is 0 Å². The Morgan fingerprint density at radius 1 is 0.767 bits per heavy atom. The third-order valence-electron chi connectivity index (χ3n) is 12.9. The molecule has 0 bridgehead atoms. The maximum atomic E-state index is 4.36. The Balaban J connectivity index is 1.46. The van der Waals surface area contributed by atoms with Crippen LogP contribution in [-0.4, -0.2) is 0 Å². The third-order valence-corrected chi connectivity index (χ3v) is 12.9. The van der Waals surface area contributed by atoms with Gasteiger partial charge in [-0.25, -0.2) is 0 Å². The second-order valence-corrected chi connectivity index (χ2v) is 14.3. The van der Waals surface area contributed by atoms with Crippen LogP contribution in [0.3, 0.4) is 0 Å². The van der Waals surface area contributed by atoms with E-state index < -0.39 is 0 Å². The van der Waals surface area contributed by atoms with Crippen molar-refractivity contribution in [2.45, 2.75) is 119 Å². The van der Waals surface area contributed by atoms with Gasteiger partial charge in [0.25, 0.3) is 0 Å². The Labute approximate surface area is 188 Å². The van der Waals surface area contributed by atoms with Gasteiger partial charge in [-0.2, -0.15) is 0 Å². The summed E-state index contributed by atoms with van der Waals surface area (Å²) in [6, 6.07) is 0. The van der Waals surface area contributed by atoms with Crippen molar-refractivity contribution in [3.63, 3.8) is 0 Å². The van der Waals surface area contributed by atoms with Crippen molar-refractivity contribution >= 4 is 0 Å². The molecule has 5 aliphatic rings. The highest BCUT2D eigenvalue weighted by Gasteiger charge is 2.65. The molecule has 5 aliphatic carbocycles. The predicted octanol–water partition coefficient (Wildman–Crippen LogP) is 9.05. The smallest absolute Gasteiger partial charge is 0.0229 e. The van der Waals surface area contributed by atoms with Gasteiger partial charge < -0.3 is 0 Å². The fraction of sp³-hybridized carbons (Fsp3) is 0.933. The van der Waals surface area contributed by atoms with Crippen LogP contribution >= 0.6 is 0 Å². The molecule has 0 nitrogen and oxygen atoms in total. The van der Waals surface area contributed by atoms with Crippen LogP contribution in [-0.2, 0) is 0 Å². The van der Waals surface area contributed by atoms with Gasteiger partial charge in [-0.3, -0.25) is 0 Å². The summed E-state index contributed by atoms with van der Waals surface area (Å²) in [5.41, 5.74) is 3.82. The zero-order valence-corrected chi connectivity index (χ0v) is 21.2. The van der Waals surface area contributed by atoms with E-state index in [1.54, 1.807) is 6.42 Å². The van der Waals surface area contributed by atoms with Gasteiger partial charge in [0, 0.05) is 0 Å². The molecule has 0 aromatic heterocycles. The zero-order valence-electron chi connectivity index (χ0n) is 21.2. The molecule has 0 amide bonds.